The summed E-state index contributed by atoms with van der Waals surface area (Å²) in [6.45, 7) is 0. The quantitative estimate of drug-likeness (QED) is 0.718. The van der Waals surface area contributed by atoms with Crippen LogP contribution < -0.4 is 0 Å². The summed E-state index contributed by atoms with van der Waals surface area (Å²) in [5.41, 5.74) is 0.152. The van der Waals surface area contributed by atoms with Crippen molar-refractivity contribution in [2.75, 3.05) is 0 Å². The molecule has 1 N–H and O–H groups in total. The normalized spacial score (nSPS) is 10.7. The number of carboxylic acid groups (broad SMARTS) is 1. The van der Waals surface area contributed by atoms with Crippen LogP contribution in [-0.4, -0.2) is 26.2 Å². The van der Waals surface area contributed by atoms with Crippen molar-refractivity contribution >= 4 is 17.7 Å². The van der Waals surface area contributed by atoms with Crippen molar-refractivity contribution in [3.8, 4) is 11.7 Å². The first kappa shape index (κ1) is 13.4. The Kier molecular flexibility index (Phi) is 3.69. The second-order valence-electron chi connectivity index (χ2n) is 3.97. The van der Waals surface area contributed by atoms with E-state index in [1.807, 2.05) is 0 Å². The summed E-state index contributed by atoms with van der Waals surface area (Å²) in [5, 5.41) is 13.3. The Balaban J connectivity index is 1.64. The van der Waals surface area contributed by atoms with Crippen molar-refractivity contribution in [1.82, 2.24) is 15.1 Å². The second kappa shape index (κ2) is 5.80. The van der Waals surface area contributed by atoms with E-state index in [4.69, 9.17) is 14.0 Å². The van der Waals surface area contributed by atoms with Gasteiger partial charge in [0.25, 0.3) is 5.89 Å². The molecular formula is C13H9N3O4S. The number of hydrogen-bond donors (Lipinski definition) is 1. The summed E-state index contributed by atoms with van der Waals surface area (Å²) >= 11 is 1.38. The lowest BCUT2D eigenvalue weighted by molar-refractivity contribution is 0.0696. The zero-order chi connectivity index (χ0) is 14.7. The maximum absolute atomic E-state index is 10.7. The molecule has 0 aliphatic heterocycles. The number of carbonyl (C=O) groups is 1. The van der Waals surface area contributed by atoms with Gasteiger partial charge in [0.2, 0.25) is 0 Å². The number of aromatic carboxylic acids is 1. The highest BCUT2D eigenvalue weighted by Gasteiger charge is 2.11. The van der Waals surface area contributed by atoms with E-state index < -0.39 is 5.97 Å². The van der Waals surface area contributed by atoms with E-state index in [0.29, 0.717) is 28.3 Å². The molecule has 0 saturated heterocycles. The molecule has 8 heteroatoms. The van der Waals surface area contributed by atoms with Gasteiger partial charge < -0.3 is 14.0 Å². The third-order valence-corrected chi connectivity index (χ3v) is 3.47. The fourth-order valence-corrected chi connectivity index (χ4v) is 2.23. The molecule has 0 aliphatic carbocycles. The van der Waals surface area contributed by atoms with Crippen LogP contribution in [0.25, 0.3) is 11.7 Å². The number of thioether (sulfide) groups is 1. The first-order valence-electron chi connectivity index (χ1n) is 5.91. The second-order valence-corrected chi connectivity index (χ2v) is 4.97. The van der Waals surface area contributed by atoms with Crippen molar-refractivity contribution in [1.29, 1.82) is 0 Å². The highest BCUT2D eigenvalue weighted by molar-refractivity contribution is 7.98. The number of aromatic nitrogens is 3. The molecule has 0 atom stereocenters. The van der Waals surface area contributed by atoms with Crippen LogP contribution in [-0.2, 0) is 5.75 Å². The van der Waals surface area contributed by atoms with Gasteiger partial charge in [-0.3, -0.25) is 0 Å². The number of nitrogens with zero attached hydrogens (tertiary/aromatic N) is 3. The van der Waals surface area contributed by atoms with E-state index >= 15 is 0 Å². The molecule has 3 aromatic heterocycles. The summed E-state index contributed by atoms with van der Waals surface area (Å²) in [5.74, 6) is 0.812. The molecule has 0 radical (unpaired) electrons. The van der Waals surface area contributed by atoms with E-state index in [2.05, 4.69) is 15.1 Å². The molecule has 0 unspecified atom stereocenters. The maximum Gasteiger partial charge on any atom is 0.337 e. The number of hydrogen-bond acceptors (Lipinski definition) is 7. The third-order valence-electron chi connectivity index (χ3n) is 2.53. The fraction of sp³-hybridized carbons (Fsp3) is 0.0769. The topological polar surface area (TPSA) is 102 Å². The summed E-state index contributed by atoms with van der Waals surface area (Å²) in [6.07, 6.45) is 2.84. The predicted molar refractivity (Wildman–Crippen MR) is 72.8 cm³/mol. The van der Waals surface area contributed by atoms with Gasteiger partial charge in [0.15, 0.2) is 11.6 Å². The Bertz CT molecular complexity index is 737. The van der Waals surface area contributed by atoms with Gasteiger partial charge in [0, 0.05) is 6.20 Å². The van der Waals surface area contributed by atoms with Crippen molar-refractivity contribution in [2.24, 2.45) is 0 Å². The number of pyridine rings is 1. The highest BCUT2D eigenvalue weighted by atomic mass is 32.2. The van der Waals surface area contributed by atoms with Gasteiger partial charge >= 0.3 is 5.97 Å². The van der Waals surface area contributed by atoms with Gasteiger partial charge in [0.05, 0.1) is 22.6 Å². The number of carboxylic acids is 1. The fourth-order valence-electron chi connectivity index (χ4n) is 1.54. The first-order chi connectivity index (χ1) is 10.2. The van der Waals surface area contributed by atoms with Crippen LogP contribution in [0.3, 0.4) is 0 Å². The minimum absolute atomic E-state index is 0.152. The summed E-state index contributed by atoms with van der Waals surface area (Å²) in [6, 6.07) is 6.61. The molecule has 106 valence electrons. The maximum atomic E-state index is 10.7. The van der Waals surface area contributed by atoms with Gasteiger partial charge in [-0.1, -0.05) is 16.9 Å². The Hall–Kier alpha value is -2.61. The highest BCUT2D eigenvalue weighted by Crippen LogP contribution is 2.22. The van der Waals surface area contributed by atoms with Crippen LogP contribution in [0.1, 0.15) is 16.2 Å². The molecule has 3 rings (SSSR count). The van der Waals surface area contributed by atoms with Gasteiger partial charge in [-0.25, -0.2) is 9.78 Å². The van der Waals surface area contributed by atoms with E-state index in [1.54, 1.807) is 18.2 Å². The molecule has 0 bridgehead atoms. The number of furan rings is 1. The average Bonchev–Trinajstić information content (AvgIpc) is 3.16. The van der Waals surface area contributed by atoms with Gasteiger partial charge in [-0.2, -0.15) is 4.98 Å². The van der Waals surface area contributed by atoms with Gasteiger partial charge in [-0.15, -0.1) is 0 Å². The minimum Gasteiger partial charge on any atom is -0.478 e. The Labute approximate surface area is 123 Å². The molecule has 3 heterocycles. The van der Waals surface area contributed by atoms with Crippen LogP contribution >= 0.6 is 11.8 Å². The molecule has 0 aromatic carbocycles. The zero-order valence-electron chi connectivity index (χ0n) is 10.6. The molecule has 0 saturated carbocycles. The molecule has 0 spiro atoms. The van der Waals surface area contributed by atoms with Gasteiger partial charge in [-0.05, 0) is 24.3 Å². The Morgan fingerprint density at radius 3 is 2.90 bits per heavy atom. The van der Waals surface area contributed by atoms with Crippen LogP contribution in [0.5, 0.6) is 0 Å². The Morgan fingerprint density at radius 2 is 2.24 bits per heavy atom. The largest absolute Gasteiger partial charge is 0.478 e. The monoisotopic (exact) mass is 303 g/mol. The van der Waals surface area contributed by atoms with E-state index in [-0.39, 0.29) is 5.56 Å². The molecule has 0 amide bonds. The summed E-state index contributed by atoms with van der Waals surface area (Å²) in [4.78, 5) is 19.0. The van der Waals surface area contributed by atoms with Crippen molar-refractivity contribution < 1.29 is 18.8 Å². The summed E-state index contributed by atoms with van der Waals surface area (Å²) < 4.78 is 10.2. The van der Waals surface area contributed by atoms with Crippen LogP contribution in [0.2, 0.25) is 0 Å². The molecule has 21 heavy (non-hydrogen) atoms. The molecule has 0 fully saturated rings. The predicted octanol–water partition coefficient (Wildman–Crippen LogP) is 2.72. The third kappa shape index (κ3) is 3.11. The molecule has 0 aliphatic rings. The minimum atomic E-state index is -1.000. The van der Waals surface area contributed by atoms with E-state index in [9.17, 15) is 4.79 Å². The molecule has 7 nitrogen and oxygen atoms in total. The van der Waals surface area contributed by atoms with Crippen LogP contribution in [0.4, 0.5) is 0 Å². The van der Waals surface area contributed by atoms with Crippen molar-refractivity contribution in [3.05, 3.63) is 48.1 Å². The SMILES string of the molecule is O=C(O)c1ccc(SCc2noc(-c3ccco3)n2)nc1. The molecular weight excluding hydrogens is 294 g/mol. The number of rotatable bonds is 5. The lowest BCUT2D eigenvalue weighted by atomic mass is 10.3. The standard InChI is InChI=1S/C13H9N3O4S/c17-13(18)8-3-4-11(14-6-8)21-7-10-15-12(20-16-10)9-2-1-5-19-9/h1-6H,7H2,(H,17,18). The zero-order valence-corrected chi connectivity index (χ0v) is 11.4. The Morgan fingerprint density at radius 1 is 1.33 bits per heavy atom. The summed E-state index contributed by atoms with van der Waals surface area (Å²) in [7, 11) is 0. The van der Waals surface area contributed by atoms with Crippen LogP contribution in [0.15, 0.2) is 50.7 Å². The first-order valence-corrected chi connectivity index (χ1v) is 6.89. The van der Waals surface area contributed by atoms with Crippen molar-refractivity contribution in [2.45, 2.75) is 10.8 Å². The van der Waals surface area contributed by atoms with Gasteiger partial charge in [0.1, 0.15) is 0 Å². The van der Waals surface area contributed by atoms with Crippen molar-refractivity contribution in [3.63, 3.8) is 0 Å². The smallest absolute Gasteiger partial charge is 0.337 e. The average molecular weight is 303 g/mol. The molecule has 3 aromatic rings. The van der Waals surface area contributed by atoms with Crippen LogP contribution in [0, 0.1) is 0 Å². The lowest BCUT2D eigenvalue weighted by Gasteiger charge is -1.98. The lowest BCUT2D eigenvalue weighted by Crippen LogP contribution is -1.96. The van der Waals surface area contributed by atoms with E-state index in [1.165, 1.54) is 30.3 Å². The van der Waals surface area contributed by atoms with E-state index in [0.717, 1.165) is 0 Å².